The fourth-order valence-corrected chi connectivity index (χ4v) is 1.64. The molecule has 0 bridgehead atoms. The van der Waals surface area contributed by atoms with Gasteiger partial charge in [0.25, 0.3) is 0 Å². The maximum absolute atomic E-state index is 11.6. The van der Waals surface area contributed by atoms with Gasteiger partial charge in [-0.2, -0.15) is 0 Å². The fourth-order valence-electron chi connectivity index (χ4n) is 1.64. The van der Waals surface area contributed by atoms with E-state index in [1.54, 1.807) is 24.3 Å². The molecule has 2 aromatic rings. The summed E-state index contributed by atoms with van der Waals surface area (Å²) >= 11 is 0. The van der Waals surface area contributed by atoms with Crippen molar-refractivity contribution in [2.45, 2.75) is 0 Å². The minimum atomic E-state index is -0.420. The maximum Gasteiger partial charge on any atom is 0.341 e. The number of carbonyl (C=O) groups is 1. The summed E-state index contributed by atoms with van der Waals surface area (Å²) in [7, 11) is 1.34. The smallest absolute Gasteiger partial charge is 0.341 e. The highest BCUT2D eigenvalue weighted by Gasteiger charge is 2.11. The zero-order valence-electron chi connectivity index (χ0n) is 11.1. The number of hydrogen-bond acceptors (Lipinski definition) is 3. The van der Waals surface area contributed by atoms with Crippen LogP contribution in [0.4, 0.5) is 0 Å². The van der Waals surface area contributed by atoms with Crippen LogP contribution in [0.2, 0.25) is 0 Å². The van der Waals surface area contributed by atoms with Crippen molar-refractivity contribution in [3.05, 3.63) is 65.7 Å². The topological polar surface area (TPSA) is 35.5 Å². The lowest BCUT2D eigenvalue weighted by Crippen LogP contribution is -2.05. The second-order valence-electron chi connectivity index (χ2n) is 3.94. The van der Waals surface area contributed by atoms with Crippen LogP contribution >= 0.6 is 0 Å². The molecule has 3 heteroatoms. The average molecular weight is 266 g/mol. The molecule has 3 nitrogen and oxygen atoms in total. The molecule has 100 valence electrons. The quantitative estimate of drug-likeness (QED) is 0.633. The zero-order valence-corrected chi connectivity index (χ0v) is 11.1. The summed E-state index contributed by atoms with van der Waals surface area (Å²) in [6, 6.07) is 16.6. The van der Waals surface area contributed by atoms with Gasteiger partial charge in [-0.15, -0.1) is 0 Å². The normalized spacial score (nSPS) is 9.25. The molecule has 0 radical (unpaired) electrons. The van der Waals surface area contributed by atoms with Crippen molar-refractivity contribution in [1.82, 2.24) is 0 Å². The largest absolute Gasteiger partial charge is 0.480 e. The number of hydrogen-bond donors (Lipinski definition) is 0. The van der Waals surface area contributed by atoms with Gasteiger partial charge in [-0.25, -0.2) is 4.79 Å². The van der Waals surface area contributed by atoms with Gasteiger partial charge in [-0.1, -0.05) is 42.2 Å². The summed E-state index contributed by atoms with van der Waals surface area (Å²) in [5, 5.41) is 0. The van der Waals surface area contributed by atoms with Crippen LogP contribution in [-0.4, -0.2) is 19.7 Å². The first-order valence-electron chi connectivity index (χ1n) is 6.15. The highest BCUT2D eigenvalue weighted by atomic mass is 16.5. The molecular weight excluding hydrogens is 252 g/mol. The molecule has 0 unspecified atom stereocenters. The Bertz CT molecular complexity index is 636. The summed E-state index contributed by atoms with van der Waals surface area (Å²) in [5.41, 5.74) is 1.33. The molecule has 0 fully saturated rings. The van der Waals surface area contributed by atoms with Crippen molar-refractivity contribution >= 4 is 5.97 Å². The van der Waals surface area contributed by atoms with Crippen LogP contribution in [0.25, 0.3) is 0 Å². The molecule has 0 saturated heterocycles. The zero-order chi connectivity index (χ0) is 14.2. The van der Waals surface area contributed by atoms with Crippen LogP contribution in [0.3, 0.4) is 0 Å². The van der Waals surface area contributed by atoms with E-state index in [2.05, 4.69) is 11.8 Å². The van der Waals surface area contributed by atoms with Gasteiger partial charge in [0.1, 0.15) is 17.9 Å². The van der Waals surface area contributed by atoms with E-state index in [0.717, 1.165) is 5.56 Å². The number of ether oxygens (including phenoxy) is 2. The Morgan fingerprint density at radius 1 is 1.05 bits per heavy atom. The van der Waals surface area contributed by atoms with Crippen molar-refractivity contribution in [2.24, 2.45) is 0 Å². The van der Waals surface area contributed by atoms with E-state index in [1.165, 1.54) is 7.11 Å². The predicted molar refractivity (Wildman–Crippen MR) is 76.6 cm³/mol. The monoisotopic (exact) mass is 266 g/mol. The van der Waals surface area contributed by atoms with Crippen LogP contribution in [0.15, 0.2) is 54.6 Å². The van der Waals surface area contributed by atoms with Crippen LogP contribution in [0.5, 0.6) is 5.75 Å². The molecule has 20 heavy (non-hydrogen) atoms. The molecule has 0 aliphatic rings. The van der Waals surface area contributed by atoms with Gasteiger partial charge in [-0.3, -0.25) is 0 Å². The standard InChI is InChI=1S/C17H14O3/c1-19-17(18)15-11-5-6-12-16(15)20-13-7-10-14-8-3-2-4-9-14/h2-6,8-9,11-12H,13H2,1H3. The van der Waals surface area contributed by atoms with Gasteiger partial charge >= 0.3 is 5.97 Å². The highest BCUT2D eigenvalue weighted by molar-refractivity contribution is 5.92. The molecule has 0 amide bonds. The number of para-hydroxylation sites is 1. The lowest BCUT2D eigenvalue weighted by atomic mass is 10.2. The average Bonchev–Trinajstić information content (AvgIpc) is 2.52. The van der Waals surface area contributed by atoms with E-state index in [1.807, 2.05) is 30.3 Å². The Balaban J connectivity index is 2.02. The Hall–Kier alpha value is -2.73. The minimum Gasteiger partial charge on any atom is -0.480 e. The summed E-state index contributed by atoms with van der Waals surface area (Å²) in [6.07, 6.45) is 0. The molecule has 0 heterocycles. The third kappa shape index (κ3) is 3.63. The Morgan fingerprint density at radius 2 is 1.75 bits per heavy atom. The molecule has 0 aliphatic heterocycles. The second kappa shape index (κ2) is 7.01. The highest BCUT2D eigenvalue weighted by Crippen LogP contribution is 2.18. The predicted octanol–water partition coefficient (Wildman–Crippen LogP) is 2.90. The molecule has 0 N–H and O–H groups in total. The van der Waals surface area contributed by atoms with Crippen LogP contribution in [-0.2, 0) is 4.74 Å². The van der Waals surface area contributed by atoms with E-state index >= 15 is 0 Å². The molecular formula is C17H14O3. The van der Waals surface area contributed by atoms with E-state index < -0.39 is 5.97 Å². The number of rotatable bonds is 3. The van der Waals surface area contributed by atoms with Gasteiger partial charge in [0, 0.05) is 5.56 Å². The Kier molecular flexibility index (Phi) is 4.80. The van der Waals surface area contributed by atoms with Gasteiger partial charge in [0.15, 0.2) is 0 Å². The molecule has 2 aromatic carbocycles. The summed E-state index contributed by atoms with van der Waals surface area (Å²) < 4.78 is 10.2. The van der Waals surface area contributed by atoms with Crippen molar-refractivity contribution in [2.75, 3.05) is 13.7 Å². The minimum absolute atomic E-state index is 0.211. The van der Waals surface area contributed by atoms with E-state index in [4.69, 9.17) is 9.47 Å². The third-order valence-corrected chi connectivity index (χ3v) is 2.60. The SMILES string of the molecule is COC(=O)c1ccccc1OCC#Cc1ccccc1. The van der Waals surface area contributed by atoms with E-state index in [-0.39, 0.29) is 6.61 Å². The van der Waals surface area contributed by atoms with Gasteiger partial charge < -0.3 is 9.47 Å². The molecule has 0 aromatic heterocycles. The lowest BCUT2D eigenvalue weighted by Gasteiger charge is -2.07. The first kappa shape index (κ1) is 13.7. The molecule has 0 atom stereocenters. The number of benzene rings is 2. The Morgan fingerprint density at radius 3 is 2.50 bits per heavy atom. The van der Waals surface area contributed by atoms with Crippen LogP contribution < -0.4 is 4.74 Å². The van der Waals surface area contributed by atoms with E-state index in [9.17, 15) is 4.79 Å². The molecule has 0 saturated carbocycles. The first-order valence-corrected chi connectivity index (χ1v) is 6.15. The molecule has 2 rings (SSSR count). The number of carbonyl (C=O) groups excluding carboxylic acids is 1. The maximum atomic E-state index is 11.6. The summed E-state index contributed by atoms with van der Waals surface area (Å²) in [5.74, 6) is 5.95. The Labute approximate surface area is 118 Å². The van der Waals surface area contributed by atoms with Crippen LogP contribution in [0.1, 0.15) is 15.9 Å². The summed E-state index contributed by atoms with van der Waals surface area (Å²) in [4.78, 5) is 11.6. The fraction of sp³-hybridized carbons (Fsp3) is 0.118. The number of methoxy groups -OCH3 is 1. The van der Waals surface area contributed by atoms with Crippen LogP contribution in [0, 0.1) is 11.8 Å². The van der Waals surface area contributed by atoms with Crippen molar-refractivity contribution in [3.8, 4) is 17.6 Å². The van der Waals surface area contributed by atoms with Crippen molar-refractivity contribution in [1.29, 1.82) is 0 Å². The summed E-state index contributed by atoms with van der Waals surface area (Å²) in [6.45, 7) is 0.211. The van der Waals surface area contributed by atoms with Gasteiger partial charge in [0.05, 0.1) is 7.11 Å². The van der Waals surface area contributed by atoms with E-state index in [0.29, 0.717) is 11.3 Å². The molecule has 0 spiro atoms. The van der Waals surface area contributed by atoms with Gasteiger partial charge in [0.2, 0.25) is 0 Å². The van der Waals surface area contributed by atoms with Crippen molar-refractivity contribution < 1.29 is 14.3 Å². The lowest BCUT2D eigenvalue weighted by molar-refractivity contribution is 0.0596. The van der Waals surface area contributed by atoms with Crippen molar-refractivity contribution in [3.63, 3.8) is 0 Å². The van der Waals surface area contributed by atoms with Gasteiger partial charge in [-0.05, 0) is 24.3 Å². The first-order chi connectivity index (χ1) is 9.81. The third-order valence-electron chi connectivity index (χ3n) is 2.60. The second-order valence-corrected chi connectivity index (χ2v) is 3.94. The molecule has 0 aliphatic carbocycles. The number of esters is 1.